The molecule has 1 aliphatic carbocycles. The zero-order valence-corrected chi connectivity index (χ0v) is 22.8. The molecule has 3 fully saturated rings. The number of nitrogens with one attached hydrogen (secondary N) is 1. The van der Waals surface area contributed by atoms with Crippen LogP contribution in [0.1, 0.15) is 69.4 Å². The zero-order chi connectivity index (χ0) is 27.5. The molecule has 2 aromatic rings. The Morgan fingerprint density at radius 2 is 1.74 bits per heavy atom. The number of imidazole rings is 1. The first kappa shape index (κ1) is 27.3. The van der Waals surface area contributed by atoms with Crippen molar-refractivity contribution in [2.45, 2.75) is 76.3 Å². The van der Waals surface area contributed by atoms with E-state index in [0.717, 1.165) is 88.4 Å². The van der Waals surface area contributed by atoms with E-state index in [1.54, 1.807) is 11.6 Å². The van der Waals surface area contributed by atoms with E-state index >= 15 is 0 Å². The van der Waals surface area contributed by atoms with Crippen molar-refractivity contribution in [1.29, 1.82) is 0 Å². The highest BCUT2D eigenvalue weighted by Gasteiger charge is 2.32. The molecule has 5 rings (SSSR count). The Hall–Kier alpha value is -3.27. The third kappa shape index (κ3) is 5.85. The largest absolute Gasteiger partial charge is 0.340 e. The molecule has 3 aliphatic rings. The number of rotatable bonds is 9. The summed E-state index contributed by atoms with van der Waals surface area (Å²) in [5, 5.41) is 2.34. The first-order valence-electron chi connectivity index (χ1n) is 14.4. The highest BCUT2D eigenvalue weighted by molar-refractivity contribution is 6.00. The first-order valence-corrected chi connectivity index (χ1v) is 14.4. The van der Waals surface area contributed by atoms with Gasteiger partial charge in [-0.05, 0) is 69.1 Å². The third-order valence-electron chi connectivity index (χ3n) is 8.87. The number of carbonyl (C=O) groups excluding carboxylic acids is 4. The summed E-state index contributed by atoms with van der Waals surface area (Å²) in [6.07, 6.45) is 9.38. The van der Waals surface area contributed by atoms with Gasteiger partial charge >= 0.3 is 5.69 Å². The minimum Gasteiger partial charge on any atom is -0.340 e. The van der Waals surface area contributed by atoms with Crippen molar-refractivity contribution in [3.05, 3.63) is 34.2 Å². The summed E-state index contributed by atoms with van der Waals surface area (Å²) in [7, 11) is 1.71. The van der Waals surface area contributed by atoms with Gasteiger partial charge in [0.05, 0.1) is 17.6 Å². The van der Waals surface area contributed by atoms with Crippen LogP contribution in [0.3, 0.4) is 0 Å². The van der Waals surface area contributed by atoms with Gasteiger partial charge in [-0.3, -0.25) is 33.7 Å². The average Bonchev–Trinajstić information content (AvgIpc) is 3.18. The van der Waals surface area contributed by atoms with E-state index in [0.29, 0.717) is 24.5 Å². The van der Waals surface area contributed by atoms with Gasteiger partial charge in [0.25, 0.3) is 0 Å². The molecule has 0 spiro atoms. The Morgan fingerprint density at radius 3 is 2.46 bits per heavy atom. The van der Waals surface area contributed by atoms with Crippen LogP contribution in [0, 0.1) is 5.92 Å². The summed E-state index contributed by atoms with van der Waals surface area (Å²) in [5.41, 5.74) is 2.36. The molecule has 1 atom stereocenters. The number of imide groups is 1. The smallest absolute Gasteiger partial charge is 0.329 e. The molecule has 3 amide bonds. The van der Waals surface area contributed by atoms with Gasteiger partial charge in [-0.25, -0.2) is 4.79 Å². The monoisotopic (exact) mass is 537 g/mol. The topological polar surface area (TPSA) is 114 Å². The summed E-state index contributed by atoms with van der Waals surface area (Å²) in [4.78, 5) is 64.9. The number of piperazine rings is 1. The Bertz CT molecular complexity index is 1310. The predicted molar refractivity (Wildman–Crippen MR) is 146 cm³/mol. The molecule has 39 heavy (non-hydrogen) atoms. The summed E-state index contributed by atoms with van der Waals surface area (Å²) >= 11 is 0. The second-order valence-electron chi connectivity index (χ2n) is 11.4. The van der Waals surface area contributed by atoms with E-state index in [-0.39, 0.29) is 29.8 Å². The first-order chi connectivity index (χ1) is 18.9. The normalized spacial score (nSPS) is 24.8. The van der Waals surface area contributed by atoms with Crippen LogP contribution in [0.25, 0.3) is 11.0 Å². The summed E-state index contributed by atoms with van der Waals surface area (Å²) < 4.78 is 3.08. The highest BCUT2D eigenvalue weighted by Crippen LogP contribution is 2.27. The molecular weight excluding hydrogens is 498 g/mol. The Morgan fingerprint density at radius 1 is 0.949 bits per heavy atom. The number of fused-ring (bicyclic) bond motifs is 1. The maximum absolute atomic E-state index is 13.0. The third-order valence-corrected chi connectivity index (χ3v) is 8.87. The van der Waals surface area contributed by atoms with Gasteiger partial charge in [-0.15, -0.1) is 0 Å². The number of nitrogens with zero attached hydrogens (tertiary/aromatic N) is 4. The quantitative estimate of drug-likeness (QED) is 0.297. The fourth-order valence-electron chi connectivity index (χ4n) is 6.48. The van der Waals surface area contributed by atoms with Crippen LogP contribution in [0.5, 0.6) is 0 Å². The molecule has 2 aliphatic heterocycles. The van der Waals surface area contributed by atoms with Crippen molar-refractivity contribution < 1.29 is 19.2 Å². The van der Waals surface area contributed by atoms with Crippen LogP contribution >= 0.6 is 0 Å². The molecule has 1 aromatic carbocycles. The molecule has 2 saturated heterocycles. The van der Waals surface area contributed by atoms with E-state index in [1.165, 1.54) is 4.57 Å². The number of hydrogen-bond donors (Lipinski definition) is 1. The molecule has 10 heteroatoms. The summed E-state index contributed by atoms with van der Waals surface area (Å²) in [6, 6.07) is 5.69. The maximum Gasteiger partial charge on any atom is 0.329 e. The number of aryl methyl sites for hydroxylation is 2. The van der Waals surface area contributed by atoms with Crippen molar-refractivity contribution >= 4 is 35.0 Å². The number of carbonyl (C=O) groups is 4. The average molecular weight is 538 g/mol. The van der Waals surface area contributed by atoms with Crippen LogP contribution in [-0.2, 0) is 32.6 Å². The lowest BCUT2D eigenvalue weighted by atomic mass is 9.86. The van der Waals surface area contributed by atoms with E-state index < -0.39 is 11.9 Å². The number of amides is 3. The van der Waals surface area contributed by atoms with Crippen LogP contribution in [-0.4, -0.2) is 75.2 Å². The number of benzene rings is 1. The van der Waals surface area contributed by atoms with E-state index in [2.05, 4.69) is 10.2 Å². The van der Waals surface area contributed by atoms with Gasteiger partial charge in [0.2, 0.25) is 17.7 Å². The molecule has 1 aromatic heterocycles. The molecule has 1 N–H and O–H groups in total. The second kappa shape index (κ2) is 11.9. The van der Waals surface area contributed by atoms with Gasteiger partial charge in [-0.1, -0.05) is 12.5 Å². The number of piperidine rings is 1. The van der Waals surface area contributed by atoms with E-state index in [1.807, 2.05) is 23.1 Å². The van der Waals surface area contributed by atoms with Crippen molar-refractivity contribution in [3.63, 3.8) is 0 Å². The van der Waals surface area contributed by atoms with Gasteiger partial charge in [-0.2, -0.15) is 0 Å². The minimum absolute atomic E-state index is 0.200. The van der Waals surface area contributed by atoms with Crippen LogP contribution < -0.4 is 11.0 Å². The Kier molecular flexibility index (Phi) is 8.30. The lowest BCUT2D eigenvalue weighted by Gasteiger charge is -2.41. The predicted octanol–water partition coefficient (Wildman–Crippen LogP) is 1.93. The Labute approximate surface area is 228 Å². The molecule has 1 unspecified atom stereocenters. The van der Waals surface area contributed by atoms with Crippen LogP contribution in [0.15, 0.2) is 23.0 Å². The molecule has 210 valence electrons. The van der Waals surface area contributed by atoms with Crippen molar-refractivity contribution in [3.8, 4) is 0 Å². The fraction of sp³-hybridized carbons (Fsp3) is 0.621. The summed E-state index contributed by atoms with van der Waals surface area (Å²) in [6.45, 7) is 2.97. The molecule has 3 heterocycles. The number of hydrogen-bond acceptors (Lipinski definition) is 6. The minimum atomic E-state index is -0.674. The standard InChI is InChI=1S/C29H39N5O5/c1-31-25-17-20(8-11-23(25)34(29(31)39)24-12-13-26(36)30-28(24)38)5-3-2-4-14-32-15-16-33(18-27(32)37)22-9-6-21(19-35)7-10-22/h8,11,17,19,21-22,24H,2-7,9-10,12-16,18H2,1H3,(H,30,36,38)/t21-,22-,24?. The van der Waals surface area contributed by atoms with E-state index in [9.17, 15) is 24.0 Å². The van der Waals surface area contributed by atoms with Gasteiger partial charge in [0.15, 0.2) is 0 Å². The van der Waals surface area contributed by atoms with Crippen molar-refractivity contribution in [2.24, 2.45) is 13.0 Å². The number of unbranched alkanes of at least 4 members (excludes halogenated alkanes) is 2. The number of aldehydes is 1. The fourth-order valence-corrected chi connectivity index (χ4v) is 6.48. The van der Waals surface area contributed by atoms with Gasteiger partial charge in [0, 0.05) is 45.1 Å². The zero-order valence-electron chi connectivity index (χ0n) is 22.8. The Balaban J connectivity index is 1.09. The number of aromatic nitrogens is 2. The molecule has 1 saturated carbocycles. The SMILES string of the molecule is Cn1c(=O)n(C2CCC(=O)NC2=O)c2ccc(CCCCCN3CCN([C@H]4CC[C@H](C=O)CC4)CC3=O)cc21. The maximum atomic E-state index is 13.0. The second-order valence-corrected chi connectivity index (χ2v) is 11.4. The van der Waals surface area contributed by atoms with Crippen LogP contribution in [0.2, 0.25) is 0 Å². The highest BCUT2D eigenvalue weighted by atomic mass is 16.2. The van der Waals surface area contributed by atoms with Crippen molar-refractivity contribution in [2.75, 3.05) is 26.2 Å². The lowest BCUT2D eigenvalue weighted by Crippen LogP contribution is -2.54. The van der Waals surface area contributed by atoms with E-state index in [4.69, 9.17) is 0 Å². The van der Waals surface area contributed by atoms with Gasteiger partial charge in [0.1, 0.15) is 12.3 Å². The van der Waals surface area contributed by atoms with Crippen LogP contribution in [0.4, 0.5) is 0 Å². The molecule has 0 bridgehead atoms. The van der Waals surface area contributed by atoms with Gasteiger partial charge < -0.3 is 9.69 Å². The molecule has 0 radical (unpaired) electrons. The molecular formula is C29H39N5O5. The summed E-state index contributed by atoms with van der Waals surface area (Å²) in [5.74, 6) is -0.309. The van der Waals surface area contributed by atoms with Crippen molar-refractivity contribution in [1.82, 2.24) is 24.3 Å². The molecule has 10 nitrogen and oxygen atoms in total. The lowest BCUT2D eigenvalue weighted by molar-refractivity contribution is -0.138.